The van der Waals surface area contributed by atoms with Crippen LogP contribution < -0.4 is 5.32 Å². The van der Waals surface area contributed by atoms with Gasteiger partial charge in [0.25, 0.3) is 5.91 Å². The Labute approximate surface area is 107 Å². The Bertz CT molecular complexity index is 389. The van der Waals surface area contributed by atoms with Gasteiger partial charge in [-0.05, 0) is 28.1 Å². The van der Waals surface area contributed by atoms with E-state index in [1.807, 2.05) is 0 Å². The molecule has 0 spiro atoms. The highest BCUT2D eigenvalue weighted by Gasteiger charge is 2.13. The topological polar surface area (TPSA) is 29.1 Å². The van der Waals surface area contributed by atoms with E-state index in [0.717, 1.165) is 0 Å². The number of nitrogens with one attached hydrogen (secondary N) is 1. The number of allylic oxidation sites excluding steroid dienone is 1. The molecule has 1 aromatic rings. The second kappa shape index (κ2) is 6.66. The Morgan fingerprint density at radius 3 is 2.88 bits per heavy atom. The van der Waals surface area contributed by atoms with Gasteiger partial charge >= 0.3 is 0 Å². The molecule has 0 aliphatic rings. The van der Waals surface area contributed by atoms with E-state index in [0.29, 0.717) is 16.9 Å². The summed E-state index contributed by atoms with van der Waals surface area (Å²) in [5.74, 6) is -0.614. The predicted molar refractivity (Wildman–Crippen MR) is 66.3 cm³/mol. The molecule has 5 heteroatoms. The molecule has 1 N–H and O–H groups in total. The SMILES string of the molecule is O=C(NC/C=C/CCl)c1c(F)cccc1Br. The molecule has 0 saturated heterocycles. The van der Waals surface area contributed by atoms with Crippen molar-refractivity contribution in [1.29, 1.82) is 0 Å². The molecule has 1 aromatic carbocycles. The summed E-state index contributed by atoms with van der Waals surface area (Å²) >= 11 is 8.55. The van der Waals surface area contributed by atoms with Gasteiger partial charge < -0.3 is 5.32 Å². The first kappa shape index (κ1) is 13.2. The summed E-state index contributed by atoms with van der Waals surface area (Å²) in [5, 5.41) is 2.56. The van der Waals surface area contributed by atoms with Crippen LogP contribution in [0, 0.1) is 5.82 Å². The lowest BCUT2D eigenvalue weighted by Gasteiger charge is -2.05. The fourth-order valence-corrected chi connectivity index (χ4v) is 1.75. The number of alkyl halides is 1. The summed E-state index contributed by atoms with van der Waals surface area (Å²) in [4.78, 5) is 11.6. The third-order valence-corrected chi connectivity index (χ3v) is 2.67. The van der Waals surface area contributed by atoms with Gasteiger partial charge in [-0.15, -0.1) is 11.6 Å². The van der Waals surface area contributed by atoms with E-state index < -0.39 is 11.7 Å². The van der Waals surface area contributed by atoms with Crippen molar-refractivity contribution in [3.63, 3.8) is 0 Å². The molecular weight excluding hydrogens is 296 g/mol. The van der Waals surface area contributed by atoms with Crippen LogP contribution in [-0.4, -0.2) is 18.3 Å². The minimum atomic E-state index is -0.548. The molecule has 0 unspecified atom stereocenters. The summed E-state index contributed by atoms with van der Waals surface area (Å²) in [5.41, 5.74) is 0.0155. The van der Waals surface area contributed by atoms with Crippen molar-refractivity contribution in [1.82, 2.24) is 5.32 Å². The van der Waals surface area contributed by atoms with Gasteiger partial charge in [-0.2, -0.15) is 0 Å². The largest absolute Gasteiger partial charge is 0.348 e. The van der Waals surface area contributed by atoms with E-state index in [-0.39, 0.29) is 5.56 Å². The van der Waals surface area contributed by atoms with Gasteiger partial charge in [0.2, 0.25) is 0 Å². The zero-order valence-corrected chi connectivity index (χ0v) is 10.7. The van der Waals surface area contributed by atoms with Crippen molar-refractivity contribution < 1.29 is 9.18 Å². The van der Waals surface area contributed by atoms with Gasteiger partial charge in [0, 0.05) is 16.9 Å². The number of carbonyl (C=O) groups excluding carboxylic acids is 1. The molecule has 0 fully saturated rings. The quantitative estimate of drug-likeness (QED) is 0.672. The highest BCUT2D eigenvalue weighted by molar-refractivity contribution is 9.10. The average Bonchev–Trinajstić information content (AvgIpc) is 2.24. The van der Waals surface area contributed by atoms with Crippen LogP contribution in [0.3, 0.4) is 0 Å². The van der Waals surface area contributed by atoms with E-state index in [4.69, 9.17) is 11.6 Å². The molecule has 0 radical (unpaired) electrons. The van der Waals surface area contributed by atoms with Gasteiger partial charge in [0.15, 0.2) is 0 Å². The molecular formula is C11H10BrClFNO. The zero-order valence-electron chi connectivity index (χ0n) is 8.34. The number of hydrogen-bond acceptors (Lipinski definition) is 1. The first-order valence-electron chi connectivity index (χ1n) is 4.60. The standard InChI is InChI=1S/C11H10BrClFNO/c12-8-4-3-5-9(14)10(8)11(16)15-7-2-1-6-13/h1-5H,6-7H2,(H,15,16)/b2-1+. The Morgan fingerprint density at radius 2 is 2.25 bits per heavy atom. The minimum absolute atomic E-state index is 0.0155. The summed E-state index contributed by atoms with van der Waals surface area (Å²) < 4.78 is 13.8. The van der Waals surface area contributed by atoms with Crippen molar-refractivity contribution in [2.75, 3.05) is 12.4 Å². The third kappa shape index (κ3) is 3.61. The van der Waals surface area contributed by atoms with E-state index in [9.17, 15) is 9.18 Å². The Kier molecular flexibility index (Phi) is 5.49. The highest BCUT2D eigenvalue weighted by Crippen LogP contribution is 2.19. The fraction of sp³-hybridized carbons (Fsp3) is 0.182. The third-order valence-electron chi connectivity index (χ3n) is 1.83. The maximum Gasteiger partial charge on any atom is 0.255 e. The summed E-state index contributed by atoms with van der Waals surface area (Å²) in [6, 6.07) is 4.39. The molecule has 0 bridgehead atoms. The minimum Gasteiger partial charge on any atom is -0.348 e. The number of hydrogen-bond donors (Lipinski definition) is 1. The van der Waals surface area contributed by atoms with Gasteiger partial charge in [-0.3, -0.25) is 4.79 Å². The Balaban J connectivity index is 2.70. The zero-order chi connectivity index (χ0) is 12.0. The van der Waals surface area contributed by atoms with Gasteiger partial charge in [0.1, 0.15) is 5.82 Å². The first-order valence-corrected chi connectivity index (χ1v) is 5.92. The molecule has 1 amide bonds. The number of amides is 1. The second-order valence-electron chi connectivity index (χ2n) is 2.93. The maximum atomic E-state index is 13.3. The van der Waals surface area contributed by atoms with Crippen molar-refractivity contribution in [2.45, 2.75) is 0 Å². The number of benzene rings is 1. The summed E-state index contributed by atoms with van der Waals surface area (Å²) in [6.07, 6.45) is 3.41. The molecule has 1 rings (SSSR count). The second-order valence-corrected chi connectivity index (χ2v) is 4.10. The lowest BCUT2D eigenvalue weighted by molar-refractivity contribution is 0.0953. The molecule has 0 heterocycles. The molecule has 16 heavy (non-hydrogen) atoms. The highest BCUT2D eigenvalue weighted by atomic mass is 79.9. The van der Waals surface area contributed by atoms with Crippen LogP contribution in [0.25, 0.3) is 0 Å². The molecule has 0 aromatic heterocycles. The number of rotatable bonds is 4. The van der Waals surface area contributed by atoms with Crippen molar-refractivity contribution in [3.8, 4) is 0 Å². The number of carbonyl (C=O) groups is 1. The van der Waals surface area contributed by atoms with Crippen molar-refractivity contribution in [2.24, 2.45) is 0 Å². The van der Waals surface area contributed by atoms with Crippen LogP contribution in [0.4, 0.5) is 4.39 Å². The van der Waals surface area contributed by atoms with Gasteiger partial charge in [0.05, 0.1) is 5.56 Å². The first-order chi connectivity index (χ1) is 7.66. The normalized spacial score (nSPS) is 10.7. The van der Waals surface area contributed by atoms with Crippen LogP contribution >= 0.6 is 27.5 Å². The fourth-order valence-electron chi connectivity index (χ4n) is 1.10. The maximum absolute atomic E-state index is 13.3. The van der Waals surface area contributed by atoms with E-state index >= 15 is 0 Å². The van der Waals surface area contributed by atoms with E-state index in [1.54, 1.807) is 18.2 Å². The Hall–Kier alpha value is -0.870. The lowest BCUT2D eigenvalue weighted by atomic mass is 10.2. The Morgan fingerprint density at radius 1 is 1.50 bits per heavy atom. The van der Waals surface area contributed by atoms with Gasteiger partial charge in [-0.1, -0.05) is 18.2 Å². The van der Waals surface area contributed by atoms with Crippen LogP contribution in [0.5, 0.6) is 0 Å². The summed E-state index contributed by atoms with van der Waals surface area (Å²) in [6.45, 7) is 0.326. The molecule has 2 nitrogen and oxygen atoms in total. The molecule has 0 atom stereocenters. The summed E-state index contributed by atoms with van der Waals surface area (Å²) in [7, 11) is 0. The van der Waals surface area contributed by atoms with Gasteiger partial charge in [-0.25, -0.2) is 4.39 Å². The number of halogens is 3. The van der Waals surface area contributed by atoms with Crippen LogP contribution in [0.15, 0.2) is 34.8 Å². The smallest absolute Gasteiger partial charge is 0.255 e. The van der Waals surface area contributed by atoms with Crippen LogP contribution in [-0.2, 0) is 0 Å². The van der Waals surface area contributed by atoms with Crippen molar-refractivity contribution >= 4 is 33.4 Å². The lowest BCUT2D eigenvalue weighted by Crippen LogP contribution is -2.24. The van der Waals surface area contributed by atoms with E-state index in [2.05, 4.69) is 21.2 Å². The predicted octanol–water partition coefficient (Wildman–Crippen LogP) is 3.11. The molecule has 0 aliphatic heterocycles. The molecule has 0 saturated carbocycles. The average molecular weight is 307 g/mol. The molecule has 86 valence electrons. The van der Waals surface area contributed by atoms with Crippen LogP contribution in [0.1, 0.15) is 10.4 Å². The van der Waals surface area contributed by atoms with Crippen molar-refractivity contribution in [3.05, 3.63) is 46.2 Å². The monoisotopic (exact) mass is 305 g/mol. The van der Waals surface area contributed by atoms with E-state index in [1.165, 1.54) is 12.1 Å². The molecule has 0 aliphatic carbocycles. The van der Waals surface area contributed by atoms with Crippen LogP contribution in [0.2, 0.25) is 0 Å².